The van der Waals surface area contributed by atoms with Gasteiger partial charge >= 0.3 is 0 Å². The molecule has 6 heteroatoms. The van der Waals surface area contributed by atoms with E-state index < -0.39 is 0 Å². The molecule has 0 fully saturated rings. The lowest BCUT2D eigenvalue weighted by atomic mass is 10.0. The first-order valence-corrected chi connectivity index (χ1v) is 8.36. The van der Waals surface area contributed by atoms with Crippen LogP contribution in [-0.2, 0) is 13.0 Å². The highest BCUT2D eigenvalue weighted by atomic mass is 127. The van der Waals surface area contributed by atoms with Gasteiger partial charge in [-0.15, -0.1) is 0 Å². The first kappa shape index (κ1) is 15.9. The molecule has 0 radical (unpaired) electrons. The van der Waals surface area contributed by atoms with Crippen LogP contribution in [0, 0.1) is 10.5 Å². The first-order chi connectivity index (χ1) is 9.55. The van der Waals surface area contributed by atoms with Crippen molar-refractivity contribution in [2.24, 2.45) is 5.84 Å². The summed E-state index contributed by atoms with van der Waals surface area (Å²) in [6.45, 7) is 4.99. The van der Waals surface area contributed by atoms with Gasteiger partial charge in [-0.3, -0.25) is 16.0 Å². The molecule has 1 unspecified atom stereocenters. The van der Waals surface area contributed by atoms with Crippen molar-refractivity contribution in [2.45, 2.75) is 32.9 Å². The molecule has 1 heterocycles. The normalized spacial score (nSPS) is 12.7. The number of rotatable bonds is 5. The molecule has 1 aromatic carbocycles. The zero-order chi connectivity index (χ0) is 14.7. The van der Waals surface area contributed by atoms with Crippen LogP contribution in [0.15, 0.2) is 28.7 Å². The van der Waals surface area contributed by atoms with Crippen LogP contribution in [0.4, 0.5) is 0 Å². The predicted octanol–water partition coefficient (Wildman–Crippen LogP) is 3.33. The Morgan fingerprint density at radius 1 is 1.45 bits per heavy atom. The molecule has 3 N–H and O–H groups in total. The average molecular weight is 449 g/mol. The zero-order valence-corrected chi connectivity index (χ0v) is 15.3. The van der Waals surface area contributed by atoms with Crippen LogP contribution in [0.2, 0.25) is 0 Å². The quantitative estimate of drug-likeness (QED) is 0.419. The lowest BCUT2D eigenvalue weighted by Gasteiger charge is -2.18. The highest BCUT2D eigenvalue weighted by Crippen LogP contribution is 2.26. The van der Waals surface area contributed by atoms with Gasteiger partial charge in [-0.05, 0) is 66.3 Å². The van der Waals surface area contributed by atoms with Crippen molar-refractivity contribution in [1.29, 1.82) is 0 Å². The summed E-state index contributed by atoms with van der Waals surface area (Å²) in [5.41, 5.74) is 6.37. The summed E-state index contributed by atoms with van der Waals surface area (Å²) >= 11 is 5.86. The van der Waals surface area contributed by atoms with Crippen LogP contribution in [-0.4, -0.2) is 9.78 Å². The van der Waals surface area contributed by atoms with Crippen molar-refractivity contribution in [3.8, 4) is 0 Å². The SMILES string of the molecule is CCn1nc(C)cc1CC(NN)c1cc(Br)ccc1I. The molecule has 1 aromatic heterocycles. The van der Waals surface area contributed by atoms with Crippen molar-refractivity contribution >= 4 is 38.5 Å². The molecule has 1 atom stereocenters. The second-order valence-electron chi connectivity index (χ2n) is 4.68. The predicted molar refractivity (Wildman–Crippen MR) is 93.3 cm³/mol. The van der Waals surface area contributed by atoms with Gasteiger partial charge in [-0.2, -0.15) is 5.10 Å². The van der Waals surface area contributed by atoms with E-state index in [0.717, 1.165) is 23.1 Å². The van der Waals surface area contributed by atoms with Gasteiger partial charge in [0.2, 0.25) is 0 Å². The Bertz CT molecular complexity index is 597. The van der Waals surface area contributed by atoms with Crippen molar-refractivity contribution in [3.63, 3.8) is 0 Å². The van der Waals surface area contributed by atoms with Gasteiger partial charge in [0.25, 0.3) is 0 Å². The number of hydrogen-bond donors (Lipinski definition) is 2. The van der Waals surface area contributed by atoms with Crippen molar-refractivity contribution in [2.75, 3.05) is 0 Å². The van der Waals surface area contributed by atoms with Crippen molar-refractivity contribution < 1.29 is 0 Å². The number of nitrogens with zero attached hydrogens (tertiary/aromatic N) is 2. The Balaban J connectivity index is 2.30. The Labute approximate surface area is 141 Å². The van der Waals surface area contributed by atoms with Gasteiger partial charge in [0.1, 0.15) is 0 Å². The van der Waals surface area contributed by atoms with E-state index in [1.165, 1.54) is 14.8 Å². The standard InChI is InChI=1S/C14H18BrIN4/c1-3-20-11(6-9(2)19-20)8-14(18-17)12-7-10(15)4-5-13(12)16/h4-7,14,18H,3,8,17H2,1-2H3. The summed E-state index contributed by atoms with van der Waals surface area (Å²) in [4.78, 5) is 0. The summed E-state index contributed by atoms with van der Waals surface area (Å²) < 4.78 is 4.30. The molecule has 4 nitrogen and oxygen atoms in total. The molecular weight excluding hydrogens is 431 g/mol. The molecule has 0 aliphatic heterocycles. The number of aryl methyl sites for hydroxylation is 2. The van der Waals surface area contributed by atoms with E-state index in [1.807, 2.05) is 17.7 Å². The Morgan fingerprint density at radius 3 is 2.85 bits per heavy atom. The van der Waals surface area contributed by atoms with Crippen LogP contribution >= 0.6 is 38.5 Å². The van der Waals surface area contributed by atoms with E-state index in [9.17, 15) is 0 Å². The molecular formula is C14H18BrIN4. The molecule has 0 bridgehead atoms. The fourth-order valence-corrected chi connectivity index (χ4v) is 3.38. The van der Waals surface area contributed by atoms with Crippen LogP contribution < -0.4 is 11.3 Å². The summed E-state index contributed by atoms with van der Waals surface area (Å²) in [5.74, 6) is 5.77. The van der Waals surface area contributed by atoms with Crippen molar-refractivity contribution in [3.05, 3.63) is 49.3 Å². The number of nitrogens with two attached hydrogens (primary N) is 1. The summed E-state index contributed by atoms with van der Waals surface area (Å²) in [5, 5.41) is 4.49. The molecule has 108 valence electrons. The minimum atomic E-state index is 0.0702. The molecule has 2 aromatic rings. The second-order valence-corrected chi connectivity index (χ2v) is 6.76. The van der Waals surface area contributed by atoms with Gasteiger partial charge < -0.3 is 0 Å². The maximum absolute atomic E-state index is 5.77. The highest BCUT2D eigenvalue weighted by molar-refractivity contribution is 14.1. The van der Waals surface area contributed by atoms with E-state index in [1.54, 1.807) is 0 Å². The highest BCUT2D eigenvalue weighted by Gasteiger charge is 2.17. The maximum atomic E-state index is 5.77. The Kier molecular flexibility index (Phi) is 5.59. The third-order valence-corrected chi connectivity index (χ3v) is 4.71. The number of nitrogens with one attached hydrogen (secondary N) is 1. The molecule has 0 aliphatic rings. The lowest BCUT2D eigenvalue weighted by Crippen LogP contribution is -2.30. The Morgan fingerprint density at radius 2 is 2.20 bits per heavy atom. The van der Waals surface area contributed by atoms with Crippen LogP contribution in [0.5, 0.6) is 0 Å². The van der Waals surface area contributed by atoms with Crippen molar-refractivity contribution in [1.82, 2.24) is 15.2 Å². The largest absolute Gasteiger partial charge is 0.271 e. The lowest BCUT2D eigenvalue weighted by molar-refractivity contribution is 0.515. The van der Waals surface area contributed by atoms with E-state index >= 15 is 0 Å². The van der Waals surface area contributed by atoms with E-state index in [4.69, 9.17) is 5.84 Å². The van der Waals surface area contributed by atoms with E-state index in [2.05, 4.69) is 74.2 Å². The third-order valence-electron chi connectivity index (χ3n) is 3.23. The number of benzene rings is 1. The Hall–Kier alpha value is -0.440. The molecule has 2 rings (SSSR count). The fraction of sp³-hybridized carbons (Fsp3) is 0.357. The molecule has 0 saturated carbocycles. The molecule has 0 aliphatic carbocycles. The minimum absolute atomic E-state index is 0.0702. The summed E-state index contributed by atoms with van der Waals surface area (Å²) in [6, 6.07) is 8.44. The van der Waals surface area contributed by atoms with Crippen LogP contribution in [0.1, 0.15) is 29.9 Å². The summed E-state index contributed by atoms with van der Waals surface area (Å²) in [7, 11) is 0. The monoisotopic (exact) mass is 448 g/mol. The minimum Gasteiger partial charge on any atom is -0.271 e. The first-order valence-electron chi connectivity index (χ1n) is 6.49. The van der Waals surface area contributed by atoms with Gasteiger partial charge in [0.05, 0.1) is 11.7 Å². The molecule has 0 amide bonds. The fourth-order valence-electron chi connectivity index (χ4n) is 2.29. The number of aromatic nitrogens is 2. The number of hydrazine groups is 1. The van der Waals surface area contributed by atoms with Crippen LogP contribution in [0.25, 0.3) is 0 Å². The zero-order valence-electron chi connectivity index (χ0n) is 11.5. The van der Waals surface area contributed by atoms with Gasteiger partial charge in [0, 0.05) is 26.7 Å². The van der Waals surface area contributed by atoms with Crippen LogP contribution in [0.3, 0.4) is 0 Å². The smallest absolute Gasteiger partial charge is 0.0596 e. The van der Waals surface area contributed by atoms with E-state index in [0.29, 0.717) is 0 Å². The molecule has 20 heavy (non-hydrogen) atoms. The van der Waals surface area contributed by atoms with Gasteiger partial charge in [0.15, 0.2) is 0 Å². The van der Waals surface area contributed by atoms with Gasteiger partial charge in [-0.1, -0.05) is 15.9 Å². The topological polar surface area (TPSA) is 55.9 Å². The molecule has 0 saturated heterocycles. The summed E-state index contributed by atoms with van der Waals surface area (Å²) in [6.07, 6.45) is 0.817. The average Bonchev–Trinajstić information content (AvgIpc) is 2.79. The number of halogens is 2. The van der Waals surface area contributed by atoms with E-state index in [-0.39, 0.29) is 6.04 Å². The second kappa shape index (κ2) is 7.02. The molecule has 0 spiro atoms. The number of hydrogen-bond acceptors (Lipinski definition) is 3. The van der Waals surface area contributed by atoms with Gasteiger partial charge in [-0.25, -0.2) is 0 Å². The third kappa shape index (κ3) is 3.60. The maximum Gasteiger partial charge on any atom is 0.0596 e.